The van der Waals surface area contributed by atoms with E-state index in [0.29, 0.717) is 6.61 Å². The summed E-state index contributed by atoms with van der Waals surface area (Å²) in [6.45, 7) is 6.20. The molecule has 0 bridgehead atoms. The van der Waals surface area contributed by atoms with E-state index in [4.69, 9.17) is 4.74 Å². The zero-order chi connectivity index (χ0) is 11.3. The first kappa shape index (κ1) is 11.8. The van der Waals surface area contributed by atoms with E-state index in [1.807, 2.05) is 51.1 Å². The Bertz CT molecular complexity index is 319. The molecule has 1 aromatic carbocycles. The molecule has 0 N–H and O–H groups in total. The summed E-state index contributed by atoms with van der Waals surface area (Å²) in [7, 11) is 0. The highest BCUT2D eigenvalue weighted by atomic mass is 16.5. The summed E-state index contributed by atoms with van der Waals surface area (Å²) in [6, 6.07) is 9.79. The number of rotatable bonds is 4. The molecule has 15 heavy (non-hydrogen) atoms. The topological polar surface area (TPSA) is 26.3 Å². The molecular formula is C13H18O2. The van der Waals surface area contributed by atoms with Crippen molar-refractivity contribution in [1.29, 1.82) is 0 Å². The Morgan fingerprint density at radius 2 is 1.87 bits per heavy atom. The number of esters is 1. The van der Waals surface area contributed by atoms with Crippen LogP contribution in [0.25, 0.3) is 0 Å². The van der Waals surface area contributed by atoms with Crippen molar-refractivity contribution in [3.8, 4) is 0 Å². The SMILES string of the molecule is CCOC(=O)[C@@](C)(CC)c1ccccc1. The van der Waals surface area contributed by atoms with Gasteiger partial charge in [0.1, 0.15) is 0 Å². The minimum atomic E-state index is -0.517. The van der Waals surface area contributed by atoms with E-state index >= 15 is 0 Å². The van der Waals surface area contributed by atoms with Crippen LogP contribution < -0.4 is 0 Å². The molecule has 0 spiro atoms. The normalized spacial score (nSPS) is 14.3. The largest absolute Gasteiger partial charge is 0.465 e. The van der Waals surface area contributed by atoms with Gasteiger partial charge in [-0.25, -0.2) is 0 Å². The lowest BCUT2D eigenvalue weighted by Gasteiger charge is -2.26. The van der Waals surface area contributed by atoms with Crippen LogP contribution in [0.5, 0.6) is 0 Å². The highest BCUT2D eigenvalue weighted by Crippen LogP contribution is 2.28. The maximum atomic E-state index is 11.9. The van der Waals surface area contributed by atoms with Gasteiger partial charge in [-0.2, -0.15) is 0 Å². The molecular weight excluding hydrogens is 188 g/mol. The number of hydrogen-bond acceptors (Lipinski definition) is 2. The van der Waals surface area contributed by atoms with Crippen molar-refractivity contribution in [1.82, 2.24) is 0 Å². The summed E-state index contributed by atoms with van der Waals surface area (Å²) < 4.78 is 5.11. The third-order valence-electron chi connectivity index (χ3n) is 2.84. The van der Waals surface area contributed by atoms with E-state index in [2.05, 4.69) is 0 Å². The standard InChI is InChI=1S/C13H18O2/c1-4-13(3,12(14)15-5-2)11-9-7-6-8-10-11/h6-10H,4-5H2,1-3H3/t13-/m0/s1. The Morgan fingerprint density at radius 3 is 2.33 bits per heavy atom. The van der Waals surface area contributed by atoms with Gasteiger partial charge in [-0.1, -0.05) is 37.3 Å². The van der Waals surface area contributed by atoms with Crippen LogP contribution in [0.1, 0.15) is 32.8 Å². The molecule has 82 valence electrons. The molecule has 1 aromatic rings. The Balaban J connectivity index is 3.00. The first-order chi connectivity index (χ1) is 7.15. The van der Waals surface area contributed by atoms with Crippen LogP contribution in [0.3, 0.4) is 0 Å². The second kappa shape index (κ2) is 4.96. The van der Waals surface area contributed by atoms with Crippen LogP contribution in [0.2, 0.25) is 0 Å². The van der Waals surface area contributed by atoms with E-state index in [0.717, 1.165) is 12.0 Å². The van der Waals surface area contributed by atoms with Gasteiger partial charge in [0.2, 0.25) is 0 Å². The summed E-state index contributed by atoms with van der Waals surface area (Å²) in [5.41, 5.74) is 0.503. The molecule has 0 saturated carbocycles. The third-order valence-corrected chi connectivity index (χ3v) is 2.84. The van der Waals surface area contributed by atoms with Crippen LogP contribution in [0.4, 0.5) is 0 Å². The monoisotopic (exact) mass is 206 g/mol. The minimum Gasteiger partial charge on any atom is -0.465 e. The molecule has 1 rings (SSSR count). The van der Waals surface area contributed by atoms with Crippen molar-refractivity contribution in [2.24, 2.45) is 0 Å². The van der Waals surface area contributed by atoms with Gasteiger partial charge in [0, 0.05) is 0 Å². The van der Waals surface area contributed by atoms with Crippen molar-refractivity contribution in [3.63, 3.8) is 0 Å². The van der Waals surface area contributed by atoms with E-state index < -0.39 is 5.41 Å². The second-order valence-electron chi connectivity index (χ2n) is 3.77. The lowest BCUT2D eigenvalue weighted by molar-refractivity contribution is -0.149. The molecule has 0 aliphatic heterocycles. The fourth-order valence-corrected chi connectivity index (χ4v) is 1.56. The smallest absolute Gasteiger partial charge is 0.316 e. The number of carbonyl (C=O) groups is 1. The summed E-state index contributed by atoms with van der Waals surface area (Å²) in [4.78, 5) is 11.9. The van der Waals surface area contributed by atoms with Gasteiger partial charge in [-0.05, 0) is 25.8 Å². The number of ether oxygens (including phenoxy) is 1. The average Bonchev–Trinajstić information content (AvgIpc) is 2.29. The predicted molar refractivity (Wildman–Crippen MR) is 60.7 cm³/mol. The van der Waals surface area contributed by atoms with Gasteiger partial charge < -0.3 is 4.74 Å². The van der Waals surface area contributed by atoms with Crippen LogP contribution in [-0.2, 0) is 14.9 Å². The fraction of sp³-hybridized carbons (Fsp3) is 0.462. The van der Waals surface area contributed by atoms with E-state index in [-0.39, 0.29) is 5.97 Å². The number of hydrogen-bond donors (Lipinski definition) is 0. The third kappa shape index (κ3) is 2.38. The highest BCUT2D eigenvalue weighted by molar-refractivity contribution is 5.82. The Labute approximate surface area is 91.3 Å². The van der Waals surface area contributed by atoms with Gasteiger partial charge in [0.25, 0.3) is 0 Å². The predicted octanol–water partition coefficient (Wildman–Crippen LogP) is 2.92. The van der Waals surface area contributed by atoms with Gasteiger partial charge >= 0.3 is 5.97 Å². The summed E-state index contributed by atoms with van der Waals surface area (Å²) in [6.07, 6.45) is 0.746. The van der Waals surface area contributed by atoms with Crippen LogP contribution >= 0.6 is 0 Å². The summed E-state index contributed by atoms with van der Waals surface area (Å²) in [5, 5.41) is 0. The molecule has 0 aliphatic carbocycles. The van der Waals surface area contributed by atoms with E-state index in [1.165, 1.54) is 0 Å². The van der Waals surface area contributed by atoms with Crippen molar-refractivity contribution in [3.05, 3.63) is 35.9 Å². The molecule has 0 heterocycles. The van der Waals surface area contributed by atoms with Crippen LogP contribution in [0, 0.1) is 0 Å². The minimum absolute atomic E-state index is 0.140. The maximum Gasteiger partial charge on any atom is 0.316 e. The lowest BCUT2D eigenvalue weighted by atomic mass is 9.80. The lowest BCUT2D eigenvalue weighted by Crippen LogP contribution is -2.33. The molecule has 0 radical (unpaired) electrons. The van der Waals surface area contributed by atoms with Crippen LogP contribution in [-0.4, -0.2) is 12.6 Å². The molecule has 0 saturated heterocycles. The number of carbonyl (C=O) groups excluding carboxylic acids is 1. The first-order valence-electron chi connectivity index (χ1n) is 5.38. The zero-order valence-corrected chi connectivity index (χ0v) is 9.62. The Hall–Kier alpha value is -1.31. The van der Waals surface area contributed by atoms with Gasteiger partial charge in [0.15, 0.2) is 0 Å². The fourth-order valence-electron chi connectivity index (χ4n) is 1.56. The van der Waals surface area contributed by atoms with Crippen LogP contribution in [0.15, 0.2) is 30.3 Å². The quantitative estimate of drug-likeness (QED) is 0.708. The first-order valence-corrected chi connectivity index (χ1v) is 5.38. The van der Waals surface area contributed by atoms with Gasteiger partial charge in [-0.15, -0.1) is 0 Å². The van der Waals surface area contributed by atoms with Crippen molar-refractivity contribution >= 4 is 5.97 Å². The Morgan fingerprint density at radius 1 is 1.27 bits per heavy atom. The molecule has 0 aliphatic rings. The molecule has 0 unspecified atom stereocenters. The summed E-state index contributed by atoms with van der Waals surface area (Å²) in [5.74, 6) is -0.140. The second-order valence-corrected chi connectivity index (χ2v) is 3.77. The molecule has 0 aromatic heterocycles. The molecule has 0 amide bonds. The number of benzene rings is 1. The van der Waals surface area contributed by atoms with Gasteiger partial charge in [-0.3, -0.25) is 4.79 Å². The van der Waals surface area contributed by atoms with Crippen molar-refractivity contribution < 1.29 is 9.53 Å². The molecule has 2 nitrogen and oxygen atoms in total. The van der Waals surface area contributed by atoms with E-state index in [9.17, 15) is 4.79 Å². The molecule has 1 atom stereocenters. The summed E-state index contributed by atoms with van der Waals surface area (Å²) >= 11 is 0. The zero-order valence-electron chi connectivity index (χ0n) is 9.62. The van der Waals surface area contributed by atoms with E-state index in [1.54, 1.807) is 0 Å². The van der Waals surface area contributed by atoms with Crippen molar-refractivity contribution in [2.45, 2.75) is 32.6 Å². The highest BCUT2D eigenvalue weighted by Gasteiger charge is 2.34. The van der Waals surface area contributed by atoms with Gasteiger partial charge in [0.05, 0.1) is 12.0 Å². The average molecular weight is 206 g/mol. The molecule has 0 fully saturated rings. The van der Waals surface area contributed by atoms with Crippen molar-refractivity contribution in [2.75, 3.05) is 6.61 Å². The maximum absolute atomic E-state index is 11.9. The Kier molecular flexibility index (Phi) is 3.89. The molecule has 2 heteroatoms.